The summed E-state index contributed by atoms with van der Waals surface area (Å²) in [5.74, 6) is 0.960. The highest BCUT2D eigenvalue weighted by Gasteiger charge is 2.23. The van der Waals surface area contributed by atoms with Crippen LogP contribution in [0.15, 0.2) is 12.1 Å². The number of rotatable bonds is 6. The van der Waals surface area contributed by atoms with E-state index < -0.39 is 0 Å². The Bertz CT molecular complexity index is 530. The first kappa shape index (κ1) is 17.1. The Kier molecular flexibility index (Phi) is 6.06. The Morgan fingerprint density at radius 3 is 2.45 bits per heavy atom. The lowest BCUT2D eigenvalue weighted by Gasteiger charge is -2.29. The molecule has 1 atom stereocenters. The molecule has 1 heterocycles. The zero-order valence-electron chi connectivity index (χ0n) is 13.3. The molecular weight excluding hydrogens is 304 g/mol. The van der Waals surface area contributed by atoms with Gasteiger partial charge >= 0.3 is 0 Å². The van der Waals surface area contributed by atoms with Gasteiger partial charge in [-0.3, -0.25) is 4.79 Å². The topological polar surface area (TPSA) is 50.8 Å². The van der Waals surface area contributed by atoms with E-state index in [1.54, 1.807) is 26.4 Å². The molecule has 5 nitrogen and oxygen atoms in total. The highest BCUT2D eigenvalue weighted by atomic mass is 35.5. The quantitative estimate of drug-likeness (QED) is 0.811. The molecule has 1 unspecified atom stereocenters. The predicted octanol–water partition coefficient (Wildman–Crippen LogP) is 2.08. The number of Topliss-reactive ketones (excluding diaryl/α,β-unsaturated/α-hetero) is 1. The number of benzene rings is 1. The molecule has 2 rings (SSSR count). The molecule has 0 amide bonds. The first-order chi connectivity index (χ1) is 10.6. The maximum Gasteiger partial charge on any atom is 0.168 e. The van der Waals surface area contributed by atoms with Crippen LogP contribution >= 0.6 is 11.6 Å². The SMILES string of the molecule is COc1cc(Cl)c(C(=O)C(C)CN2CCNCC2)cc1OC. The summed E-state index contributed by atoms with van der Waals surface area (Å²) < 4.78 is 10.5. The normalized spacial score (nSPS) is 17.1. The number of nitrogens with one attached hydrogen (secondary N) is 1. The van der Waals surface area contributed by atoms with Crippen molar-refractivity contribution in [1.82, 2.24) is 10.2 Å². The van der Waals surface area contributed by atoms with Crippen LogP contribution in [0.2, 0.25) is 5.02 Å². The summed E-state index contributed by atoms with van der Waals surface area (Å²) in [6.45, 7) is 6.56. The Morgan fingerprint density at radius 1 is 1.27 bits per heavy atom. The average Bonchev–Trinajstić information content (AvgIpc) is 2.54. The zero-order chi connectivity index (χ0) is 16.1. The van der Waals surface area contributed by atoms with Gasteiger partial charge in [-0.05, 0) is 6.07 Å². The molecule has 0 aliphatic carbocycles. The number of piperazine rings is 1. The van der Waals surface area contributed by atoms with Crippen LogP contribution in [-0.2, 0) is 0 Å². The second-order valence-electron chi connectivity index (χ2n) is 5.50. The van der Waals surface area contributed by atoms with Crippen LogP contribution in [-0.4, -0.2) is 57.6 Å². The molecule has 1 saturated heterocycles. The highest BCUT2D eigenvalue weighted by molar-refractivity contribution is 6.34. The van der Waals surface area contributed by atoms with E-state index in [-0.39, 0.29) is 11.7 Å². The van der Waals surface area contributed by atoms with Crippen LogP contribution in [0.1, 0.15) is 17.3 Å². The average molecular weight is 327 g/mol. The third kappa shape index (κ3) is 3.91. The molecule has 0 radical (unpaired) electrons. The third-order valence-electron chi connectivity index (χ3n) is 3.93. The molecule has 0 saturated carbocycles. The minimum Gasteiger partial charge on any atom is -0.493 e. The molecule has 0 bridgehead atoms. The zero-order valence-corrected chi connectivity index (χ0v) is 14.1. The molecule has 6 heteroatoms. The Labute approximate surface area is 136 Å². The van der Waals surface area contributed by atoms with Crippen molar-refractivity contribution in [3.8, 4) is 11.5 Å². The van der Waals surface area contributed by atoms with Crippen molar-refractivity contribution in [3.63, 3.8) is 0 Å². The van der Waals surface area contributed by atoms with Gasteiger partial charge in [-0.2, -0.15) is 0 Å². The number of hydrogen-bond donors (Lipinski definition) is 1. The predicted molar refractivity (Wildman–Crippen MR) is 87.4 cm³/mol. The van der Waals surface area contributed by atoms with Gasteiger partial charge in [-0.15, -0.1) is 0 Å². The summed E-state index contributed by atoms with van der Waals surface area (Å²) in [6, 6.07) is 3.29. The standard InChI is InChI=1S/C16H23ClN2O3/c1-11(10-19-6-4-18-5-7-19)16(20)12-8-14(21-2)15(22-3)9-13(12)17/h8-9,11,18H,4-7,10H2,1-3H3. The minimum absolute atomic E-state index is 0.0319. The van der Waals surface area contributed by atoms with E-state index in [9.17, 15) is 4.79 Å². The summed E-state index contributed by atoms with van der Waals surface area (Å²) in [5, 5.41) is 3.71. The van der Waals surface area contributed by atoms with Gasteiger partial charge in [0, 0.05) is 50.3 Å². The molecule has 0 spiro atoms. The number of hydrogen-bond acceptors (Lipinski definition) is 5. The maximum atomic E-state index is 12.7. The maximum absolute atomic E-state index is 12.7. The number of carbonyl (C=O) groups excluding carboxylic acids is 1. The minimum atomic E-state index is -0.117. The number of carbonyl (C=O) groups is 1. The molecule has 1 aliphatic heterocycles. The van der Waals surface area contributed by atoms with Crippen molar-refractivity contribution in [2.45, 2.75) is 6.92 Å². The summed E-state index contributed by atoms with van der Waals surface area (Å²) in [7, 11) is 3.09. The molecule has 1 N–H and O–H groups in total. The Morgan fingerprint density at radius 2 is 1.86 bits per heavy atom. The fraction of sp³-hybridized carbons (Fsp3) is 0.562. The van der Waals surface area contributed by atoms with Gasteiger partial charge in [0.2, 0.25) is 0 Å². The summed E-state index contributed by atoms with van der Waals surface area (Å²) in [5.41, 5.74) is 0.488. The van der Waals surface area contributed by atoms with Crippen molar-refractivity contribution in [2.24, 2.45) is 5.92 Å². The smallest absolute Gasteiger partial charge is 0.168 e. The van der Waals surface area contributed by atoms with E-state index >= 15 is 0 Å². The number of halogens is 1. The van der Waals surface area contributed by atoms with Crippen molar-refractivity contribution in [3.05, 3.63) is 22.7 Å². The van der Waals surface area contributed by atoms with E-state index in [0.29, 0.717) is 22.1 Å². The number of ketones is 1. The molecule has 0 aromatic heterocycles. The van der Waals surface area contributed by atoms with Crippen LogP contribution in [0, 0.1) is 5.92 Å². The van der Waals surface area contributed by atoms with Crippen LogP contribution < -0.4 is 14.8 Å². The van der Waals surface area contributed by atoms with Gasteiger partial charge in [-0.25, -0.2) is 0 Å². The molecule has 1 aromatic rings. The summed E-state index contributed by atoms with van der Waals surface area (Å²) in [4.78, 5) is 15.0. The fourth-order valence-electron chi connectivity index (χ4n) is 2.67. The third-order valence-corrected chi connectivity index (χ3v) is 4.24. The molecule has 1 aliphatic rings. The summed E-state index contributed by atoms with van der Waals surface area (Å²) in [6.07, 6.45) is 0. The van der Waals surface area contributed by atoms with E-state index in [4.69, 9.17) is 21.1 Å². The van der Waals surface area contributed by atoms with Gasteiger partial charge in [0.15, 0.2) is 17.3 Å². The van der Waals surface area contributed by atoms with Crippen molar-refractivity contribution < 1.29 is 14.3 Å². The van der Waals surface area contributed by atoms with Gasteiger partial charge in [-0.1, -0.05) is 18.5 Å². The Hall–Kier alpha value is -1.30. The highest BCUT2D eigenvalue weighted by Crippen LogP contribution is 2.34. The number of ether oxygens (including phenoxy) is 2. The molecule has 1 fully saturated rings. The fourth-order valence-corrected chi connectivity index (χ4v) is 2.92. The van der Waals surface area contributed by atoms with Crippen LogP contribution in [0.3, 0.4) is 0 Å². The lowest BCUT2D eigenvalue weighted by atomic mass is 9.98. The van der Waals surface area contributed by atoms with Gasteiger partial charge in [0.25, 0.3) is 0 Å². The van der Waals surface area contributed by atoms with Gasteiger partial charge in [0.1, 0.15) is 0 Å². The molecule has 22 heavy (non-hydrogen) atoms. The van der Waals surface area contributed by atoms with Gasteiger partial charge < -0.3 is 19.7 Å². The monoisotopic (exact) mass is 326 g/mol. The first-order valence-electron chi connectivity index (χ1n) is 7.45. The van der Waals surface area contributed by atoms with Crippen molar-refractivity contribution in [2.75, 3.05) is 46.9 Å². The van der Waals surface area contributed by atoms with Crippen LogP contribution in [0.5, 0.6) is 11.5 Å². The lowest BCUT2D eigenvalue weighted by molar-refractivity contribution is 0.0887. The molecular formula is C16H23ClN2O3. The van der Waals surface area contributed by atoms with Gasteiger partial charge in [0.05, 0.1) is 19.2 Å². The number of methoxy groups -OCH3 is 2. The summed E-state index contributed by atoms with van der Waals surface area (Å²) >= 11 is 6.24. The van der Waals surface area contributed by atoms with Crippen molar-refractivity contribution in [1.29, 1.82) is 0 Å². The van der Waals surface area contributed by atoms with Crippen LogP contribution in [0.25, 0.3) is 0 Å². The lowest BCUT2D eigenvalue weighted by Crippen LogP contribution is -2.45. The van der Waals surface area contributed by atoms with Crippen molar-refractivity contribution >= 4 is 17.4 Å². The Balaban J connectivity index is 2.13. The first-order valence-corrected chi connectivity index (χ1v) is 7.83. The van der Waals surface area contributed by atoms with Crippen LogP contribution in [0.4, 0.5) is 0 Å². The molecule has 122 valence electrons. The second-order valence-corrected chi connectivity index (χ2v) is 5.91. The van der Waals surface area contributed by atoms with E-state index in [1.807, 2.05) is 6.92 Å². The van der Waals surface area contributed by atoms with E-state index in [2.05, 4.69) is 10.2 Å². The largest absolute Gasteiger partial charge is 0.493 e. The van der Waals surface area contributed by atoms with E-state index in [0.717, 1.165) is 32.7 Å². The number of nitrogens with zero attached hydrogens (tertiary/aromatic N) is 1. The second kappa shape index (κ2) is 7.81. The van der Waals surface area contributed by atoms with E-state index in [1.165, 1.54) is 0 Å². The molecule has 1 aromatic carbocycles.